The molecule has 0 atom stereocenters. The summed E-state index contributed by atoms with van der Waals surface area (Å²) in [6, 6.07) is 0.468. The summed E-state index contributed by atoms with van der Waals surface area (Å²) in [6.07, 6.45) is -3.60. The number of hydrogen-bond acceptors (Lipinski definition) is 5. The number of aromatic nitrogens is 1. The Hall–Kier alpha value is -1.90. The van der Waals surface area contributed by atoms with E-state index in [1.165, 1.54) is 0 Å². The molecule has 2 N–H and O–H groups in total. The molecule has 19 heavy (non-hydrogen) atoms. The SMILES string of the molecule is NC1CC(Oc2cc(C(F)(F)F)ncc2[N+](=O)[O-])C1. The molecule has 1 fully saturated rings. The fraction of sp³-hybridized carbons (Fsp3) is 0.500. The molecule has 1 aromatic heterocycles. The molecular weight excluding hydrogens is 267 g/mol. The summed E-state index contributed by atoms with van der Waals surface area (Å²) in [7, 11) is 0. The third-order valence-electron chi connectivity index (χ3n) is 2.76. The summed E-state index contributed by atoms with van der Waals surface area (Å²) in [5.41, 5.74) is 3.70. The molecule has 0 bridgehead atoms. The second-order valence-corrected chi connectivity index (χ2v) is 4.26. The first-order valence-corrected chi connectivity index (χ1v) is 5.41. The molecule has 1 aromatic rings. The van der Waals surface area contributed by atoms with Crippen LogP contribution in [0.1, 0.15) is 18.5 Å². The molecule has 0 radical (unpaired) electrons. The molecule has 1 saturated carbocycles. The van der Waals surface area contributed by atoms with Crippen LogP contribution in [0.15, 0.2) is 12.3 Å². The second kappa shape index (κ2) is 4.65. The van der Waals surface area contributed by atoms with Gasteiger partial charge >= 0.3 is 11.9 Å². The molecule has 0 aliphatic heterocycles. The molecule has 1 aliphatic rings. The Kier molecular flexibility index (Phi) is 3.31. The van der Waals surface area contributed by atoms with Crippen molar-refractivity contribution in [3.05, 3.63) is 28.1 Å². The molecule has 0 amide bonds. The molecule has 9 heteroatoms. The van der Waals surface area contributed by atoms with Crippen LogP contribution in [0, 0.1) is 10.1 Å². The molecule has 0 aromatic carbocycles. The van der Waals surface area contributed by atoms with Gasteiger partial charge in [-0.25, -0.2) is 4.98 Å². The van der Waals surface area contributed by atoms with E-state index in [1.807, 2.05) is 0 Å². The summed E-state index contributed by atoms with van der Waals surface area (Å²) < 4.78 is 42.7. The van der Waals surface area contributed by atoms with Gasteiger partial charge in [0.25, 0.3) is 0 Å². The zero-order valence-corrected chi connectivity index (χ0v) is 9.55. The van der Waals surface area contributed by atoms with Crippen LogP contribution in [-0.4, -0.2) is 22.1 Å². The lowest BCUT2D eigenvalue weighted by atomic mass is 9.90. The molecular formula is C10H10F3N3O3. The van der Waals surface area contributed by atoms with Crippen molar-refractivity contribution >= 4 is 5.69 Å². The van der Waals surface area contributed by atoms with Crippen LogP contribution in [0.4, 0.5) is 18.9 Å². The maximum atomic E-state index is 12.5. The van der Waals surface area contributed by atoms with Crippen LogP contribution in [-0.2, 0) is 6.18 Å². The Labute approximate surface area is 105 Å². The second-order valence-electron chi connectivity index (χ2n) is 4.26. The fourth-order valence-electron chi connectivity index (χ4n) is 1.70. The minimum Gasteiger partial charge on any atom is -0.483 e. The summed E-state index contributed by atoms with van der Waals surface area (Å²) in [5, 5.41) is 10.7. The van der Waals surface area contributed by atoms with Crippen LogP contribution in [0.25, 0.3) is 0 Å². The highest BCUT2D eigenvalue weighted by Crippen LogP contribution is 2.36. The Morgan fingerprint density at radius 1 is 1.47 bits per heavy atom. The van der Waals surface area contributed by atoms with Crippen LogP contribution < -0.4 is 10.5 Å². The quantitative estimate of drug-likeness (QED) is 0.672. The van der Waals surface area contributed by atoms with E-state index in [4.69, 9.17) is 10.5 Å². The van der Waals surface area contributed by atoms with Crippen molar-refractivity contribution in [3.8, 4) is 5.75 Å². The van der Waals surface area contributed by atoms with Gasteiger partial charge in [0.15, 0.2) is 0 Å². The van der Waals surface area contributed by atoms with Gasteiger partial charge in [0.05, 0.1) is 4.92 Å². The molecule has 1 heterocycles. The lowest BCUT2D eigenvalue weighted by Gasteiger charge is -2.32. The standard InChI is InChI=1S/C10H10F3N3O3/c11-10(12,13)9-3-8(7(4-15-9)16(17)18)19-6-1-5(14)2-6/h3-6H,1-2,14H2. The zero-order chi connectivity index (χ0) is 14.2. The van der Waals surface area contributed by atoms with Crippen LogP contribution >= 0.6 is 0 Å². The molecule has 0 unspecified atom stereocenters. The number of nitro groups is 1. The van der Waals surface area contributed by atoms with E-state index < -0.39 is 34.3 Å². The van der Waals surface area contributed by atoms with Crippen LogP contribution in [0.2, 0.25) is 0 Å². The number of nitrogens with two attached hydrogens (primary N) is 1. The average Bonchev–Trinajstić information content (AvgIpc) is 2.25. The number of ether oxygens (including phenoxy) is 1. The van der Waals surface area contributed by atoms with Crippen molar-refractivity contribution in [2.75, 3.05) is 0 Å². The van der Waals surface area contributed by atoms with Crippen molar-refractivity contribution in [1.82, 2.24) is 4.98 Å². The topological polar surface area (TPSA) is 91.3 Å². The van der Waals surface area contributed by atoms with Crippen molar-refractivity contribution in [2.45, 2.75) is 31.2 Å². The molecule has 1 aliphatic carbocycles. The maximum Gasteiger partial charge on any atom is 0.433 e. The van der Waals surface area contributed by atoms with Gasteiger partial charge in [-0.3, -0.25) is 10.1 Å². The third-order valence-corrected chi connectivity index (χ3v) is 2.76. The molecule has 2 rings (SSSR count). The monoisotopic (exact) mass is 277 g/mol. The highest BCUT2D eigenvalue weighted by atomic mass is 19.4. The van der Waals surface area contributed by atoms with Crippen molar-refractivity contribution in [2.24, 2.45) is 5.73 Å². The summed E-state index contributed by atoms with van der Waals surface area (Å²) in [4.78, 5) is 12.9. The van der Waals surface area contributed by atoms with Crippen molar-refractivity contribution in [1.29, 1.82) is 0 Å². The van der Waals surface area contributed by atoms with Gasteiger partial charge in [-0.15, -0.1) is 0 Å². The third kappa shape index (κ3) is 2.92. The highest BCUT2D eigenvalue weighted by molar-refractivity contribution is 5.45. The van der Waals surface area contributed by atoms with Crippen molar-refractivity contribution < 1.29 is 22.8 Å². The molecule has 104 valence electrons. The lowest BCUT2D eigenvalue weighted by molar-refractivity contribution is -0.386. The summed E-state index contributed by atoms with van der Waals surface area (Å²) in [6.45, 7) is 0. The largest absolute Gasteiger partial charge is 0.483 e. The van der Waals surface area contributed by atoms with Gasteiger partial charge in [0.2, 0.25) is 5.75 Å². The van der Waals surface area contributed by atoms with Gasteiger partial charge in [0.1, 0.15) is 18.0 Å². The molecule has 0 saturated heterocycles. The van der Waals surface area contributed by atoms with E-state index in [-0.39, 0.29) is 6.04 Å². The lowest BCUT2D eigenvalue weighted by Crippen LogP contribution is -2.43. The van der Waals surface area contributed by atoms with E-state index >= 15 is 0 Å². The number of rotatable bonds is 3. The van der Waals surface area contributed by atoms with Gasteiger partial charge in [0, 0.05) is 12.1 Å². The van der Waals surface area contributed by atoms with Gasteiger partial charge in [-0.05, 0) is 12.8 Å². The zero-order valence-electron chi connectivity index (χ0n) is 9.55. The Morgan fingerprint density at radius 3 is 2.58 bits per heavy atom. The van der Waals surface area contributed by atoms with Gasteiger partial charge in [-0.2, -0.15) is 13.2 Å². The predicted molar refractivity (Wildman–Crippen MR) is 57.5 cm³/mol. The first-order chi connectivity index (χ1) is 8.77. The van der Waals surface area contributed by atoms with E-state index in [0.29, 0.717) is 25.1 Å². The first-order valence-electron chi connectivity index (χ1n) is 5.41. The number of pyridine rings is 1. The van der Waals surface area contributed by atoms with Crippen LogP contribution in [0.5, 0.6) is 5.75 Å². The minimum atomic E-state index is -4.68. The highest BCUT2D eigenvalue weighted by Gasteiger charge is 2.36. The summed E-state index contributed by atoms with van der Waals surface area (Å²) >= 11 is 0. The Bertz CT molecular complexity index is 501. The fourth-order valence-corrected chi connectivity index (χ4v) is 1.70. The van der Waals surface area contributed by atoms with E-state index in [9.17, 15) is 23.3 Å². The van der Waals surface area contributed by atoms with Gasteiger partial charge in [-0.1, -0.05) is 0 Å². The minimum absolute atomic E-state index is 0.0759. The van der Waals surface area contributed by atoms with E-state index in [1.54, 1.807) is 0 Å². The van der Waals surface area contributed by atoms with E-state index in [0.717, 1.165) is 0 Å². The predicted octanol–water partition coefficient (Wildman–Crippen LogP) is 1.88. The number of alkyl halides is 3. The maximum absolute atomic E-state index is 12.5. The molecule has 6 nitrogen and oxygen atoms in total. The Balaban J connectivity index is 2.28. The van der Waals surface area contributed by atoms with E-state index in [2.05, 4.69) is 4.98 Å². The number of hydrogen-bond donors (Lipinski definition) is 1. The normalized spacial score (nSPS) is 22.7. The average molecular weight is 277 g/mol. The number of halogens is 3. The molecule has 0 spiro atoms. The number of nitrogens with zero attached hydrogens (tertiary/aromatic N) is 2. The Morgan fingerprint density at radius 2 is 2.11 bits per heavy atom. The van der Waals surface area contributed by atoms with Gasteiger partial charge < -0.3 is 10.5 Å². The van der Waals surface area contributed by atoms with Crippen molar-refractivity contribution in [3.63, 3.8) is 0 Å². The summed E-state index contributed by atoms with van der Waals surface area (Å²) in [5.74, 6) is -0.427. The van der Waals surface area contributed by atoms with Crippen LogP contribution in [0.3, 0.4) is 0 Å². The smallest absolute Gasteiger partial charge is 0.433 e. The first kappa shape index (κ1) is 13.5.